The Kier molecular flexibility index (Phi) is 8.07. The summed E-state index contributed by atoms with van der Waals surface area (Å²) in [5, 5.41) is 0. The van der Waals surface area contributed by atoms with Crippen LogP contribution in [-0.2, 0) is 19.4 Å². The molecule has 1 heterocycles. The Morgan fingerprint density at radius 2 is 1.72 bits per heavy atom. The Morgan fingerprint density at radius 1 is 1.00 bits per heavy atom. The standard InChI is InChI=1S/C36H37N3/c1-4-30-23-26(3)9-21-34(30)35-25-39(5-2)36(38-35)22-16-29-7-6-8-32(24-29)31-17-12-27(13-18-31)10-11-28-14-19-33(37)20-15-28/h4,6-9,12-23,25,29H,1,5,10-11,24,37H2,2-3H3/b22-16+. The van der Waals surface area contributed by atoms with E-state index in [1.807, 2.05) is 18.2 Å². The second-order valence-corrected chi connectivity index (χ2v) is 10.3. The number of hydrogen-bond acceptors (Lipinski definition) is 2. The minimum absolute atomic E-state index is 0.337. The molecule has 0 aliphatic heterocycles. The van der Waals surface area contributed by atoms with E-state index in [4.69, 9.17) is 10.7 Å². The molecule has 4 aromatic rings. The van der Waals surface area contributed by atoms with Crippen LogP contribution in [0.1, 0.15) is 47.0 Å². The fraction of sp³-hybridized carbons (Fsp3) is 0.194. The molecule has 0 bridgehead atoms. The maximum atomic E-state index is 5.81. The van der Waals surface area contributed by atoms with E-state index in [2.05, 4.69) is 116 Å². The van der Waals surface area contributed by atoms with E-state index < -0.39 is 0 Å². The summed E-state index contributed by atoms with van der Waals surface area (Å²) in [6.45, 7) is 9.14. The predicted octanol–water partition coefficient (Wildman–Crippen LogP) is 8.56. The van der Waals surface area contributed by atoms with Crippen molar-refractivity contribution in [1.82, 2.24) is 9.55 Å². The van der Waals surface area contributed by atoms with Crippen molar-refractivity contribution in [3.8, 4) is 11.3 Å². The van der Waals surface area contributed by atoms with Crippen LogP contribution in [0, 0.1) is 12.8 Å². The number of benzene rings is 3. The second kappa shape index (κ2) is 12.0. The smallest absolute Gasteiger partial charge is 0.133 e. The van der Waals surface area contributed by atoms with Crippen molar-refractivity contribution in [3.63, 3.8) is 0 Å². The largest absolute Gasteiger partial charge is 0.399 e. The van der Waals surface area contributed by atoms with Crippen LogP contribution >= 0.6 is 0 Å². The molecular formula is C36H37N3. The van der Waals surface area contributed by atoms with Gasteiger partial charge in [0.1, 0.15) is 5.82 Å². The van der Waals surface area contributed by atoms with Gasteiger partial charge in [0.05, 0.1) is 5.69 Å². The van der Waals surface area contributed by atoms with E-state index in [1.165, 1.54) is 27.8 Å². The minimum atomic E-state index is 0.337. The van der Waals surface area contributed by atoms with Gasteiger partial charge in [0, 0.05) is 24.0 Å². The Morgan fingerprint density at radius 3 is 2.41 bits per heavy atom. The van der Waals surface area contributed by atoms with Gasteiger partial charge >= 0.3 is 0 Å². The van der Waals surface area contributed by atoms with Gasteiger partial charge in [-0.2, -0.15) is 0 Å². The number of rotatable bonds is 9. The average Bonchev–Trinajstić information content (AvgIpc) is 3.39. The van der Waals surface area contributed by atoms with Crippen LogP contribution in [0.3, 0.4) is 0 Å². The van der Waals surface area contributed by atoms with Crippen LogP contribution in [0.15, 0.2) is 104 Å². The molecule has 3 nitrogen and oxygen atoms in total. The monoisotopic (exact) mass is 511 g/mol. The van der Waals surface area contributed by atoms with Crippen LogP contribution in [-0.4, -0.2) is 9.55 Å². The summed E-state index contributed by atoms with van der Waals surface area (Å²) < 4.78 is 2.21. The highest BCUT2D eigenvalue weighted by Crippen LogP contribution is 2.30. The summed E-state index contributed by atoms with van der Waals surface area (Å²) >= 11 is 0. The number of anilines is 1. The first-order valence-corrected chi connectivity index (χ1v) is 13.8. The molecule has 1 unspecified atom stereocenters. The second-order valence-electron chi connectivity index (χ2n) is 10.3. The van der Waals surface area contributed by atoms with E-state index in [1.54, 1.807) is 0 Å². The van der Waals surface area contributed by atoms with Crippen molar-refractivity contribution in [2.24, 2.45) is 5.92 Å². The Hall–Kier alpha value is -4.37. The molecule has 1 aliphatic rings. The maximum Gasteiger partial charge on any atom is 0.133 e. The van der Waals surface area contributed by atoms with Gasteiger partial charge < -0.3 is 10.3 Å². The molecule has 1 aliphatic carbocycles. The van der Waals surface area contributed by atoms with Crippen LogP contribution in [0.5, 0.6) is 0 Å². The summed E-state index contributed by atoms with van der Waals surface area (Å²) in [6.07, 6.45) is 18.2. The van der Waals surface area contributed by atoms with Crippen molar-refractivity contribution >= 4 is 23.4 Å². The molecule has 3 heteroatoms. The molecule has 0 radical (unpaired) electrons. The SMILES string of the molecule is C=Cc1cc(C)ccc1-c1cn(CC)c(/C=C/C2C=CC=C(c3ccc(CCc4ccc(N)cc4)cc3)C2)n1. The number of imidazole rings is 1. The van der Waals surface area contributed by atoms with Gasteiger partial charge in [0.15, 0.2) is 0 Å². The molecule has 1 atom stereocenters. The number of allylic oxidation sites excluding steroid dienone is 5. The van der Waals surface area contributed by atoms with Crippen molar-refractivity contribution in [2.45, 2.75) is 39.7 Å². The van der Waals surface area contributed by atoms with Crippen molar-refractivity contribution in [1.29, 1.82) is 0 Å². The lowest BCUT2D eigenvalue weighted by molar-refractivity contribution is 0.750. The fourth-order valence-electron chi connectivity index (χ4n) is 5.15. The summed E-state index contributed by atoms with van der Waals surface area (Å²) in [6, 6.07) is 23.7. The first-order chi connectivity index (χ1) is 19.0. The van der Waals surface area contributed by atoms with Crippen LogP contribution in [0.25, 0.3) is 29.0 Å². The van der Waals surface area contributed by atoms with Gasteiger partial charge in [-0.3, -0.25) is 0 Å². The Bertz CT molecular complexity index is 1530. The van der Waals surface area contributed by atoms with Gasteiger partial charge in [-0.1, -0.05) is 97.1 Å². The topological polar surface area (TPSA) is 43.8 Å². The summed E-state index contributed by atoms with van der Waals surface area (Å²) in [5.41, 5.74) is 16.4. The number of nitrogens with two attached hydrogens (primary N) is 1. The molecular weight excluding hydrogens is 474 g/mol. The minimum Gasteiger partial charge on any atom is -0.399 e. The van der Waals surface area contributed by atoms with Gasteiger partial charge in [0.25, 0.3) is 0 Å². The lowest BCUT2D eigenvalue weighted by Crippen LogP contribution is -2.00. The summed E-state index contributed by atoms with van der Waals surface area (Å²) in [4.78, 5) is 4.99. The van der Waals surface area contributed by atoms with E-state index in [0.717, 1.165) is 54.1 Å². The number of nitrogens with zero attached hydrogens (tertiary/aromatic N) is 2. The van der Waals surface area contributed by atoms with Gasteiger partial charge in [0.2, 0.25) is 0 Å². The number of nitrogen functional groups attached to an aromatic ring is 1. The van der Waals surface area contributed by atoms with E-state index in [-0.39, 0.29) is 0 Å². The van der Waals surface area contributed by atoms with E-state index in [0.29, 0.717) is 5.92 Å². The highest BCUT2D eigenvalue weighted by Gasteiger charge is 2.13. The molecule has 0 fully saturated rings. The van der Waals surface area contributed by atoms with Gasteiger partial charge in [-0.15, -0.1) is 0 Å². The molecule has 0 spiro atoms. The molecule has 3 aromatic carbocycles. The van der Waals surface area contributed by atoms with Gasteiger partial charge in [-0.05, 0) is 85.1 Å². The normalized spacial score (nSPS) is 15.0. The quantitative estimate of drug-likeness (QED) is 0.229. The maximum absolute atomic E-state index is 5.81. The molecule has 196 valence electrons. The fourth-order valence-corrected chi connectivity index (χ4v) is 5.15. The third-order valence-corrected chi connectivity index (χ3v) is 7.46. The van der Waals surface area contributed by atoms with Crippen molar-refractivity contribution < 1.29 is 0 Å². The third-order valence-electron chi connectivity index (χ3n) is 7.46. The summed E-state index contributed by atoms with van der Waals surface area (Å²) in [7, 11) is 0. The zero-order valence-electron chi connectivity index (χ0n) is 23.0. The van der Waals surface area contributed by atoms with Crippen molar-refractivity contribution in [2.75, 3.05) is 5.73 Å². The highest BCUT2D eigenvalue weighted by atomic mass is 15.1. The molecule has 0 saturated heterocycles. The zero-order valence-corrected chi connectivity index (χ0v) is 23.0. The lowest BCUT2D eigenvalue weighted by atomic mass is 9.89. The zero-order chi connectivity index (χ0) is 27.2. The van der Waals surface area contributed by atoms with E-state index in [9.17, 15) is 0 Å². The molecule has 5 rings (SSSR count). The van der Waals surface area contributed by atoms with Crippen LogP contribution in [0.4, 0.5) is 5.69 Å². The molecule has 0 amide bonds. The average molecular weight is 512 g/mol. The van der Waals surface area contributed by atoms with Crippen LogP contribution < -0.4 is 5.73 Å². The van der Waals surface area contributed by atoms with Crippen LogP contribution in [0.2, 0.25) is 0 Å². The third kappa shape index (κ3) is 6.38. The number of hydrogen-bond donors (Lipinski definition) is 1. The Balaban J connectivity index is 1.24. The van der Waals surface area contributed by atoms with Crippen molar-refractivity contribution in [3.05, 3.63) is 137 Å². The molecule has 39 heavy (non-hydrogen) atoms. The first kappa shape index (κ1) is 26.2. The van der Waals surface area contributed by atoms with E-state index >= 15 is 0 Å². The number of aromatic nitrogens is 2. The highest BCUT2D eigenvalue weighted by molar-refractivity contribution is 5.73. The number of aryl methyl sites for hydroxylation is 4. The predicted molar refractivity (Wildman–Crippen MR) is 167 cm³/mol. The molecule has 0 saturated carbocycles. The lowest BCUT2D eigenvalue weighted by Gasteiger charge is -2.16. The Labute approximate surface area is 232 Å². The first-order valence-electron chi connectivity index (χ1n) is 13.8. The van der Waals surface area contributed by atoms with Gasteiger partial charge in [-0.25, -0.2) is 4.98 Å². The molecule has 1 aromatic heterocycles. The summed E-state index contributed by atoms with van der Waals surface area (Å²) in [5.74, 6) is 1.32. The molecule has 2 N–H and O–H groups in total.